The van der Waals surface area contributed by atoms with Gasteiger partial charge in [-0.25, -0.2) is 0 Å². The Labute approximate surface area is 129 Å². The largest absolute Gasteiger partial charge is 0.497 e. The summed E-state index contributed by atoms with van der Waals surface area (Å²) in [4.78, 5) is 11.8. The van der Waals surface area contributed by atoms with Gasteiger partial charge in [0.15, 0.2) is 0 Å². The van der Waals surface area contributed by atoms with Crippen LogP contribution in [0.5, 0.6) is 11.5 Å². The fraction of sp³-hybridized carbons (Fsp3) is 0.312. The van der Waals surface area contributed by atoms with Crippen molar-refractivity contribution in [2.45, 2.75) is 13.0 Å². The molecule has 22 heavy (non-hydrogen) atoms. The van der Waals surface area contributed by atoms with Gasteiger partial charge in [0.2, 0.25) is 5.91 Å². The van der Waals surface area contributed by atoms with E-state index in [1.165, 1.54) is 0 Å². The first kappa shape index (κ1) is 15.8. The monoisotopic (exact) mass is 304 g/mol. The Morgan fingerprint density at radius 1 is 1.23 bits per heavy atom. The molecule has 0 aliphatic heterocycles. The van der Waals surface area contributed by atoms with Gasteiger partial charge in [0.1, 0.15) is 17.3 Å². The molecule has 1 aromatic carbocycles. The van der Waals surface area contributed by atoms with Gasteiger partial charge in [0, 0.05) is 19.0 Å². The van der Waals surface area contributed by atoms with Crippen LogP contribution in [0.25, 0.3) is 0 Å². The van der Waals surface area contributed by atoms with E-state index in [9.17, 15) is 4.79 Å². The van der Waals surface area contributed by atoms with Crippen molar-refractivity contribution in [1.82, 2.24) is 5.32 Å². The first-order valence-corrected chi connectivity index (χ1v) is 6.98. The number of furan rings is 1. The van der Waals surface area contributed by atoms with Gasteiger partial charge in [0.25, 0.3) is 0 Å². The smallest absolute Gasteiger partial charge is 0.222 e. The molecule has 0 spiro atoms. The lowest BCUT2D eigenvalue weighted by molar-refractivity contribution is -0.121. The molecule has 0 radical (unpaired) electrons. The predicted molar refractivity (Wildman–Crippen MR) is 83.2 cm³/mol. The molecule has 0 saturated heterocycles. The number of methoxy groups -OCH3 is 2. The minimum absolute atomic E-state index is 0.0502. The van der Waals surface area contributed by atoms with Gasteiger partial charge in [-0.15, -0.1) is 0 Å². The van der Waals surface area contributed by atoms with Crippen molar-refractivity contribution in [2.75, 3.05) is 26.1 Å². The summed E-state index contributed by atoms with van der Waals surface area (Å²) in [7, 11) is 3.21. The van der Waals surface area contributed by atoms with Crippen molar-refractivity contribution in [1.29, 1.82) is 0 Å². The summed E-state index contributed by atoms with van der Waals surface area (Å²) in [5, 5.41) is 5.97. The zero-order chi connectivity index (χ0) is 15.8. The van der Waals surface area contributed by atoms with Crippen LogP contribution >= 0.6 is 0 Å². The SMILES string of the molecule is COc1ccc(OC)c(NCCC(=O)NCc2ccco2)c1. The second-order valence-electron chi connectivity index (χ2n) is 4.60. The normalized spacial score (nSPS) is 10.1. The Balaban J connectivity index is 1.79. The first-order chi connectivity index (χ1) is 10.7. The minimum atomic E-state index is -0.0502. The Morgan fingerprint density at radius 2 is 2.09 bits per heavy atom. The lowest BCUT2D eigenvalue weighted by atomic mass is 10.2. The van der Waals surface area contributed by atoms with Crippen LogP contribution in [0.15, 0.2) is 41.0 Å². The van der Waals surface area contributed by atoms with Crippen molar-refractivity contribution < 1.29 is 18.7 Å². The second-order valence-corrected chi connectivity index (χ2v) is 4.60. The van der Waals surface area contributed by atoms with Crippen molar-refractivity contribution in [3.05, 3.63) is 42.4 Å². The van der Waals surface area contributed by atoms with E-state index in [0.717, 1.165) is 17.2 Å². The maximum absolute atomic E-state index is 11.8. The molecule has 2 rings (SSSR count). The lowest BCUT2D eigenvalue weighted by Crippen LogP contribution is -2.24. The molecule has 0 aliphatic carbocycles. The van der Waals surface area contributed by atoms with Crippen molar-refractivity contribution >= 4 is 11.6 Å². The Hall–Kier alpha value is -2.63. The molecule has 0 bridgehead atoms. The lowest BCUT2D eigenvalue weighted by Gasteiger charge is -2.12. The molecular weight excluding hydrogens is 284 g/mol. The van der Waals surface area contributed by atoms with Gasteiger partial charge in [-0.1, -0.05) is 0 Å². The summed E-state index contributed by atoms with van der Waals surface area (Å²) in [5.74, 6) is 2.11. The van der Waals surface area contributed by atoms with Crippen molar-refractivity contribution in [3.63, 3.8) is 0 Å². The van der Waals surface area contributed by atoms with Crippen LogP contribution in [-0.4, -0.2) is 26.7 Å². The van der Waals surface area contributed by atoms with Gasteiger partial charge in [-0.2, -0.15) is 0 Å². The molecule has 6 nitrogen and oxygen atoms in total. The van der Waals surface area contributed by atoms with Crippen molar-refractivity contribution in [2.24, 2.45) is 0 Å². The van der Waals surface area contributed by atoms with E-state index in [-0.39, 0.29) is 5.91 Å². The van der Waals surface area contributed by atoms with Crippen molar-refractivity contribution in [3.8, 4) is 11.5 Å². The number of nitrogens with one attached hydrogen (secondary N) is 2. The zero-order valence-corrected chi connectivity index (χ0v) is 12.7. The molecule has 2 aromatic rings. The molecule has 2 N–H and O–H groups in total. The third-order valence-corrected chi connectivity index (χ3v) is 3.11. The Bertz CT molecular complexity index is 596. The van der Waals surface area contributed by atoms with Gasteiger partial charge in [-0.3, -0.25) is 4.79 Å². The molecule has 6 heteroatoms. The third kappa shape index (κ3) is 4.44. The average molecular weight is 304 g/mol. The number of anilines is 1. The summed E-state index contributed by atoms with van der Waals surface area (Å²) in [6.07, 6.45) is 1.93. The van der Waals surface area contributed by atoms with Crippen LogP contribution in [0.1, 0.15) is 12.2 Å². The number of carbonyl (C=O) groups excluding carboxylic acids is 1. The van der Waals surface area contributed by atoms with E-state index in [0.29, 0.717) is 25.3 Å². The molecular formula is C16H20N2O4. The molecule has 1 heterocycles. The molecule has 0 fully saturated rings. The van der Waals surface area contributed by atoms with Crippen LogP contribution in [0.3, 0.4) is 0 Å². The molecule has 1 aromatic heterocycles. The van der Waals surface area contributed by atoms with Gasteiger partial charge in [0.05, 0.1) is 32.7 Å². The van der Waals surface area contributed by atoms with E-state index in [1.54, 1.807) is 26.5 Å². The molecule has 1 amide bonds. The van der Waals surface area contributed by atoms with Crippen LogP contribution in [0.2, 0.25) is 0 Å². The molecule has 0 saturated carbocycles. The highest BCUT2D eigenvalue weighted by atomic mass is 16.5. The summed E-state index contributed by atoms with van der Waals surface area (Å²) in [6.45, 7) is 0.891. The summed E-state index contributed by atoms with van der Waals surface area (Å²) >= 11 is 0. The minimum Gasteiger partial charge on any atom is -0.497 e. The van der Waals surface area contributed by atoms with Gasteiger partial charge in [-0.05, 0) is 24.3 Å². The number of hydrogen-bond acceptors (Lipinski definition) is 5. The standard InChI is InChI=1S/C16H20N2O4/c1-20-12-5-6-15(21-2)14(10-12)17-8-7-16(19)18-11-13-4-3-9-22-13/h3-6,9-10,17H,7-8,11H2,1-2H3,(H,18,19). The fourth-order valence-electron chi connectivity index (χ4n) is 1.95. The molecule has 0 atom stereocenters. The number of ether oxygens (including phenoxy) is 2. The third-order valence-electron chi connectivity index (χ3n) is 3.11. The fourth-order valence-corrected chi connectivity index (χ4v) is 1.95. The number of benzene rings is 1. The molecule has 0 unspecified atom stereocenters. The van der Waals surface area contributed by atoms with Crippen LogP contribution in [0.4, 0.5) is 5.69 Å². The molecule has 118 valence electrons. The highest BCUT2D eigenvalue weighted by Crippen LogP contribution is 2.28. The topological polar surface area (TPSA) is 72.7 Å². The number of rotatable bonds is 8. The number of hydrogen-bond donors (Lipinski definition) is 2. The predicted octanol–water partition coefficient (Wildman–Crippen LogP) is 2.42. The maximum atomic E-state index is 11.8. The highest BCUT2D eigenvalue weighted by Gasteiger charge is 2.06. The van der Waals surface area contributed by atoms with E-state index in [1.807, 2.05) is 24.3 Å². The van der Waals surface area contributed by atoms with E-state index < -0.39 is 0 Å². The van der Waals surface area contributed by atoms with Gasteiger partial charge >= 0.3 is 0 Å². The molecule has 0 aliphatic rings. The zero-order valence-electron chi connectivity index (χ0n) is 12.7. The summed E-state index contributed by atoms with van der Waals surface area (Å²) in [6, 6.07) is 9.08. The summed E-state index contributed by atoms with van der Waals surface area (Å²) in [5.41, 5.74) is 0.792. The second kappa shape index (κ2) is 7.97. The Kier molecular flexibility index (Phi) is 5.71. The number of carbonyl (C=O) groups is 1. The first-order valence-electron chi connectivity index (χ1n) is 6.98. The van der Waals surface area contributed by atoms with Crippen LogP contribution in [-0.2, 0) is 11.3 Å². The van der Waals surface area contributed by atoms with Crippen LogP contribution in [0, 0.1) is 0 Å². The van der Waals surface area contributed by atoms with E-state index in [4.69, 9.17) is 13.9 Å². The summed E-state index contributed by atoms with van der Waals surface area (Å²) < 4.78 is 15.6. The quantitative estimate of drug-likeness (QED) is 0.783. The Morgan fingerprint density at radius 3 is 2.77 bits per heavy atom. The number of amides is 1. The van der Waals surface area contributed by atoms with Gasteiger partial charge < -0.3 is 24.5 Å². The van der Waals surface area contributed by atoms with Crippen LogP contribution < -0.4 is 20.1 Å². The maximum Gasteiger partial charge on any atom is 0.222 e. The van der Waals surface area contributed by atoms with E-state index >= 15 is 0 Å². The average Bonchev–Trinajstić information content (AvgIpc) is 3.06. The highest BCUT2D eigenvalue weighted by molar-refractivity contribution is 5.76. The van der Waals surface area contributed by atoms with E-state index in [2.05, 4.69) is 10.6 Å².